The molecule has 0 atom stereocenters. The number of hydrogen-bond donors (Lipinski definition) is 1. The van der Waals surface area contributed by atoms with Crippen molar-refractivity contribution in [3.63, 3.8) is 0 Å². The second-order valence-corrected chi connectivity index (χ2v) is 6.91. The smallest absolute Gasteiger partial charge is 0.232 e. The number of nitrogens with one attached hydrogen (secondary N) is 1. The summed E-state index contributed by atoms with van der Waals surface area (Å²) in [4.78, 5) is 12.8. The fourth-order valence-corrected chi connectivity index (χ4v) is 2.65. The summed E-state index contributed by atoms with van der Waals surface area (Å²) in [6.07, 6.45) is 0.978. The summed E-state index contributed by atoms with van der Waals surface area (Å²) in [6, 6.07) is 19.9. The average molecular weight is 311 g/mol. The lowest BCUT2D eigenvalue weighted by Gasteiger charge is -2.24. The van der Waals surface area contributed by atoms with Crippen LogP contribution in [0.4, 0.5) is 0 Å². The summed E-state index contributed by atoms with van der Waals surface area (Å²) in [5, 5.41) is 3.10. The highest BCUT2D eigenvalue weighted by Crippen LogP contribution is 2.24. The van der Waals surface area contributed by atoms with Gasteiger partial charge in [0.05, 0.1) is 33.6 Å². The van der Waals surface area contributed by atoms with E-state index < -0.39 is 0 Å². The van der Waals surface area contributed by atoms with Crippen molar-refractivity contribution in [1.82, 2.24) is 5.32 Å². The Bertz CT molecular complexity index is 563. The number of benzene rings is 2. The van der Waals surface area contributed by atoms with Gasteiger partial charge in [0.25, 0.3) is 0 Å². The maximum absolute atomic E-state index is 12.8. The predicted octanol–water partition coefficient (Wildman–Crippen LogP) is 3.03. The molecule has 0 aliphatic carbocycles. The Kier molecular flexibility index (Phi) is 5.94. The molecule has 0 bridgehead atoms. The number of rotatable bonds is 7. The summed E-state index contributed by atoms with van der Waals surface area (Å²) >= 11 is 0. The van der Waals surface area contributed by atoms with Crippen molar-refractivity contribution >= 4 is 5.91 Å². The van der Waals surface area contributed by atoms with Crippen LogP contribution < -0.4 is 5.32 Å². The van der Waals surface area contributed by atoms with Crippen molar-refractivity contribution in [3.05, 3.63) is 71.8 Å². The number of carbonyl (C=O) groups is 1. The van der Waals surface area contributed by atoms with Gasteiger partial charge in [-0.05, 0) is 11.1 Å². The van der Waals surface area contributed by atoms with E-state index in [0.29, 0.717) is 6.54 Å². The van der Waals surface area contributed by atoms with Gasteiger partial charge in [-0.15, -0.1) is 0 Å². The molecule has 1 N–H and O–H groups in total. The molecule has 0 aromatic heterocycles. The van der Waals surface area contributed by atoms with Crippen LogP contribution in [0.5, 0.6) is 0 Å². The minimum atomic E-state index is -0.249. The van der Waals surface area contributed by atoms with E-state index in [-0.39, 0.29) is 11.8 Å². The molecule has 0 aliphatic rings. The SMILES string of the molecule is C[N+](C)(C)CCCNC(=O)C(c1ccccc1)c1ccccc1. The lowest BCUT2D eigenvalue weighted by Crippen LogP contribution is -2.38. The molecular formula is C20H27N2O+. The van der Waals surface area contributed by atoms with Crippen molar-refractivity contribution in [2.75, 3.05) is 34.2 Å². The van der Waals surface area contributed by atoms with Crippen molar-refractivity contribution < 1.29 is 9.28 Å². The third-order valence-corrected chi connectivity index (χ3v) is 3.83. The minimum Gasteiger partial charge on any atom is -0.355 e. The van der Waals surface area contributed by atoms with E-state index in [0.717, 1.165) is 28.6 Å². The molecule has 0 saturated carbocycles. The Morgan fingerprint density at radius 1 is 0.913 bits per heavy atom. The fourth-order valence-electron chi connectivity index (χ4n) is 2.65. The van der Waals surface area contributed by atoms with E-state index in [1.165, 1.54) is 0 Å². The summed E-state index contributed by atoms with van der Waals surface area (Å²) in [5.74, 6) is -0.176. The van der Waals surface area contributed by atoms with Crippen LogP contribution in [0.15, 0.2) is 60.7 Å². The standard InChI is InChI=1S/C20H26N2O/c1-22(2,3)16-10-15-21-20(23)19(17-11-6-4-7-12-17)18-13-8-5-9-14-18/h4-9,11-14,19H,10,15-16H2,1-3H3/p+1. The van der Waals surface area contributed by atoms with Crippen LogP contribution in [0.1, 0.15) is 23.5 Å². The molecular weight excluding hydrogens is 284 g/mol. The summed E-state index contributed by atoms with van der Waals surface area (Å²) in [7, 11) is 6.50. The largest absolute Gasteiger partial charge is 0.355 e. The van der Waals surface area contributed by atoms with Crippen LogP contribution in [0, 0.1) is 0 Å². The summed E-state index contributed by atoms with van der Waals surface area (Å²) in [6.45, 7) is 1.76. The van der Waals surface area contributed by atoms with Gasteiger partial charge in [-0.2, -0.15) is 0 Å². The number of quaternary nitrogens is 1. The zero-order chi connectivity index (χ0) is 16.7. The lowest BCUT2D eigenvalue weighted by molar-refractivity contribution is -0.870. The first-order valence-corrected chi connectivity index (χ1v) is 8.15. The quantitative estimate of drug-likeness (QED) is 0.618. The molecule has 0 fully saturated rings. The van der Waals surface area contributed by atoms with Crippen LogP contribution in [0.2, 0.25) is 0 Å². The molecule has 2 aromatic rings. The number of hydrogen-bond acceptors (Lipinski definition) is 1. The van der Waals surface area contributed by atoms with Gasteiger partial charge in [0, 0.05) is 13.0 Å². The Labute approximate surface area is 139 Å². The van der Waals surface area contributed by atoms with Crippen LogP contribution >= 0.6 is 0 Å². The highest BCUT2D eigenvalue weighted by Gasteiger charge is 2.22. The minimum absolute atomic E-state index is 0.0730. The van der Waals surface area contributed by atoms with E-state index in [9.17, 15) is 4.79 Å². The highest BCUT2D eigenvalue weighted by molar-refractivity contribution is 5.87. The maximum atomic E-state index is 12.8. The van der Waals surface area contributed by atoms with E-state index in [1.54, 1.807) is 0 Å². The predicted molar refractivity (Wildman–Crippen MR) is 95.3 cm³/mol. The number of nitrogens with zero attached hydrogens (tertiary/aromatic N) is 1. The molecule has 0 spiro atoms. The zero-order valence-electron chi connectivity index (χ0n) is 14.3. The van der Waals surface area contributed by atoms with E-state index in [1.807, 2.05) is 60.7 Å². The monoisotopic (exact) mass is 311 g/mol. The zero-order valence-corrected chi connectivity index (χ0v) is 14.3. The molecule has 0 heterocycles. The van der Waals surface area contributed by atoms with E-state index in [2.05, 4.69) is 26.5 Å². The third kappa shape index (κ3) is 5.53. The molecule has 0 saturated heterocycles. The van der Waals surface area contributed by atoms with Gasteiger partial charge in [-0.1, -0.05) is 60.7 Å². The van der Waals surface area contributed by atoms with Gasteiger partial charge in [0.1, 0.15) is 0 Å². The van der Waals surface area contributed by atoms with Crippen molar-refractivity contribution in [2.45, 2.75) is 12.3 Å². The normalized spacial score (nSPS) is 11.5. The molecule has 0 unspecified atom stereocenters. The summed E-state index contributed by atoms with van der Waals surface area (Å²) in [5.41, 5.74) is 2.06. The first kappa shape index (κ1) is 17.2. The number of amides is 1. The average Bonchev–Trinajstić information content (AvgIpc) is 2.53. The molecule has 3 nitrogen and oxygen atoms in total. The molecule has 0 radical (unpaired) electrons. The molecule has 2 rings (SSSR count). The second kappa shape index (κ2) is 7.93. The van der Waals surface area contributed by atoms with Crippen LogP contribution in [-0.2, 0) is 4.79 Å². The molecule has 2 aromatic carbocycles. The lowest BCUT2D eigenvalue weighted by atomic mass is 9.90. The number of carbonyl (C=O) groups excluding carboxylic acids is 1. The molecule has 23 heavy (non-hydrogen) atoms. The topological polar surface area (TPSA) is 29.1 Å². The van der Waals surface area contributed by atoms with Gasteiger partial charge in [-0.25, -0.2) is 0 Å². The van der Waals surface area contributed by atoms with Crippen molar-refractivity contribution in [1.29, 1.82) is 0 Å². The Morgan fingerprint density at radius 3 is 1.83 bits per heavy atom. The molecule has 3 heteroatoms. The first-order chi connectivity index (χ1) is 11.0. The Hall–Kier alpha value is -2.13. The van der Waals surface area contributed by atoms with Gasteiger partial charge in [-0.3, -0.25) is 4.79 Å². The fraction of sp³-hybridized carbons (Fsp3) is 0.350. The van der Waals surface area contributed by atoms with E-state index >= 15 is 0 Å². The highest BCUT2D eigenvalue weighted by atomic mass is 16.1. The van der Waals surface area contributed by atoms with Gasteiger partial charge in [0.15, 0.2) is 0 Å². The van der Waals surface area contributed by atoms with Crippen LogP contribution in [0.3, 0.4) is 0 Å². The summed E-state index contributed by atoms with van der Waals surface area (Å²) < 4.78 is 0.913. The molecule has 122 valence electrons. The second-order valence-electron chi connectivity index (χ2n) is 6.91. The van der Waals surface area contributed by atoms with Crippen LogP contribution in [0.25, 0.3) is 0 Å². The van der Waals surface area contributed by atoms with Crippen molar-refractivity contribution in [3.8, 4) is 0 Å². The first-order valence-electron chi connectivity index (χ1n) is 8.15. The van der Waals surface area contributed by atoms with Gasteiger partial charge in [0.2, 0.25) is 5.91 Å². The maximum Gasteiger partial charge on any atom is 0.232 e. The van der Waals surface area contributed by atoms with Gasteiger partial charge >= 0.3 is 0 Å². The Balaban J connectivity index is 2.07. The third-order valence-electron chi connectivity index (χ3n) is 3.83. The van der Waals surface area contributed by atoms with Crippen molar-refractivity contribution in [2.24, 2.45) is 0 Å². The van der Waals surface area contributed by atoms with Crippen LogP contribution in [-0.4, -0.2) is 44.6 Å². The Morgan fingerprint density at radius 2 is 1.39 bits per heavy atom. The molecule has 1 amide bonds. The van der Waals surface area contributed by atoms with E-state index in [4.69, 9.17) is 0 Å². The van der Waals surface area contributed by atoms with Gasteiger partial charge < -0.3 is 9.80 Å². The molecule has 0 aliphatic heterocycles.